The minimum atomic E-state index is -0.644. The first-order chi connectivity index (χ1) is 8.28. The first-order valence-electron chi connectivity index (χ1n) is 5.97. The van der Waals surface area contributed by atoms with Crippen molar-refractivity contribution in [1.29, 1.82) is 0 Å². The highest BCUT2D eigenvalue weighted by Crippen LogP contribution is 2.36. The molecule has 0 bridgehead atoms. The maximum atomic E-state index is 14.2. The molecular weight excluding hydrogens is 298 g/mol. The molecule has 0 spiro atoms. The molecule has 0 atom stereocenters. The molecule has 0 amide bonds. The van der Waals surface area contributed by atoms with Gasteiger partial charge in [0.05, 0.1) is 11.2 Å². The molecule has 2 nitrogen and oxygen atoms in total. The lowest BCUT2D eigenvalue weighted by molar-refractivity contribution is 0.00578. The number of halogens is 2. The molecule has 1 heterocycles. The summed E-state index contributed by atoms with van der Waals surface area (Å²) in [6, 6.07) is 5.28. The third-order valence-electron chi connectivity index (χ3n) is 3.76. The summed E-state index contributed by atoms with van der Waals surface area (Å²) in [5, 5.41) is 0.478. The fourth-order valence-corrected chi connectivity index (χ4v) is 2.29. The van der Waals surface area contributed by atoms with E-state index in [1.165, 1.54) is 0 Å². The predicted octanol–water partition coefficient (Wildman–Crippen LogP) is 3.02. The van der Waals surface area contributed by atoms with Crippen LogP contribution in [0.5, 0.6) is 0 Å². The topological polar surface area (TPSA) is 18.5 Å². The van der Waals surface area contributed by atoms with E-state index in [2.05, 4.69) is 15.9 Å². The second-order valence-electron chi connectivity index (χ2n) is 5.54. The molecule has 1 aromatic rings. The Bertz CT molecular complexity index is 446. The molecule has 0 aromatic heterocycles. The van der Waals surface area contributed by atoms with Gasteiger partial charge in [-0.3, -0.25) is 0 Å². The number of hydrogen-bond donors (Lipinski definition) is 0. The van der Waals surface area contributed by atoms with E-state index in [0.29, 0.717) is 16.4 Å². The van der Waals surface area contributed by atoms with E-state index in [-0.39, 0.29) is 5.82 Å². The van der Waals surface area contributed by atoms with Crippen LogP contribution in [0.25, 0.3) is 0 Å². The summed E-state index contributed by atoms with van der Waals surface area (Å²) in [6.07, 6.45) is 0. The summed E-state index contributed by atoms with van der Waals surface area (Å²) in [5.41, 5.74) is 0.177. The van der Waals surface area contributed by atoms with Crippen molar-refractivity contribution in [3.05, 3.63) is 29.6 Å². The lowest BCUT2D eigenvalue weighted by atomic mass is 9.78. The zero-order chi connectivity index (χ0) is 13.6. The molecule has 0 aliphatic carbocycles. The maximum Gasteiger partial charge on any atom is 0.497 e. The standard InChI is InChI=1S/C13H17BBrFO2/c1-12(2)13(3,4)18-14(17-12)10-7-5-6-9(8-15)11(10)16/h5-7H,8H2,1-4H3. The first-order valence-corrected chi connectivity index (χ1v) is 7.09. The zero-order valence-electron chi connectivity index (χ0n) is 11.1. The van der Waals surface area contributed by atoms with Crippen molar-refractivity contribution in [1.82, 2.24) is 0 Å². The Morgan fingerprint density at radius 3 is 2.22 bits per heavy atom. The molecule has 0 unspecified atom stereocenters. The Balaban J connectivity index is 2.35. The minimum absolute atomic E-state index is 0.257. The van der Waals surface area contributed by atoms with E-state index in [1.807, 2.05) is 33.8 Å². The van der Waals surface area contributed by atoms with E-state index >= 15 is 0 Å². The summed E-state index contributed by atoms with van der Waals surface area (Å²) in [6.45, 7) is 7.83. The molecular formula is C13H17BBrFO2. The molecule has 5 heteroatoms. The van der Waals surface area contributed by atoms with Crippen LogP contribution in [0.4, 0.5) is 4.39 Å². The highest BCUT2D eigenvalue weighted by molar-refractivity contribution is 9.08. The summed E-state index contributed by atoms with van der Waals surface area (Å²) in [7, 11) is -0.644. The van der Waals surface area contributed by atoms with Gasteiger partial charge in [-0.15, -0.1) is 0 Å². The van der Waals surface area contributed by atoms with Gasteiger partial charge in [-0.05, 0) is 33.3 Å². The normalized spacial score (nSPS) is 21.3. The van der Waals surface area contributed by atoms with Crippen LogP contribution in [0.1, 0.15) is 33.3 Å². The number of alkyl halides is 1. The van der Waals surface area contributed by atoms with Gasteiger partial charge in [-0.1, -0.05) is 34.1 Å². The van der Waals surface area contributed by atoms with Crippen molar-refractivity contribution in [2.75, 3.05) is 0 Å². The molecule has 0 radical (unpaired) electrons. The van der Waals surface area contributed by atoms with Gasteiger partial charge in [0.25, 0.3) is 0 Å². The van der Waals surface area contributed by atoms with Gasteiger partial charge in [-0.2, -0.15) is 0 Å². The SMILES string of the molecule is CC1(C)OB(c2cccc(CBr)c2F)OC1(C)C. The highest BCUT2D eigenvalue weighted by atomic mass is 79.9. The lowest BCUT2D eigenvalue weighted by Crippen LogP contribution is -2.41. The van der Waals surface area contributed by atoms with E-state index < -0.39 is 18.3 Å². The van der Waals surface area contributed by atoms with E-state index in [4.69, 9.17) is 9.31 Å². The van der Waals surface area contributed by atoms with Gasteiger partial charge in [-0.25, -0.2) is 4.39 Å². The van der Waals surface area contributed by atoms with Crippen LogP contribution in [0, 0.1) is 5.82 Å². The van der Waals surface area contributed by atoms with Crippen molar-refractivity contribution in [2.24, 2.45) is 0 Å². The predicted molar refractivity (Wildman–Crippen MR) is 74.7 cm³/mol. The average molecular weight is 315 g/mol. The van der Waals surface area contributed by atoms with Crippen LogP contribution in [-0.2, 0) is 14.6 Å². The van der Waals surface area contributed by atoms with Crippen LogP contribution in [-0.4, -0.2) is 18.3 Å². The molecule has 1 saturated heterocycles. The van der Waals surface area contributed by atoms with Crippen LogP contribution in [0.2, 0.25) is 0 Å². The first kappa shape index (κ1) is 14.0. The third-order valence-corrected chi connectivity index (χ3v) is 4.36. The minimum Gasteiger partial charge on any atom is -0.399 e. The van der Waals surface area contributed by atoms with E-state index in [9.17, 15) is 4.39 Å². The quantitative estimate of drug-likeness (QED) is 0.617. The van der Waals surface area contributed by atoms with Crippen LogP contribution >= 0.6 is 15.9 Å². The molecule has 18 heavy (non-hydrogen) atoms. The maximum absolute atomic E-state index is 14.2. The molecule has 1 fully saturated rings. The fraction of sp³-hybridized carbons (Fsp3) is 0.538. The van der Waals surface area contributed by atoms with Crippen molar-refractivity contribution in [2.45, 2.75) is 44.2 Å². The zero-order valence-corrected chi connectivity index (χ0v) is 12.7. The molecule has 98 valence electrons. The van der Waals surface area contributed by atoms with Crippen LogP contribution < -0.4 is 5.46 Å². The highest BCUT2D eigenvalue weighted by Gasteiger charge is 2.52. The fourth-order valence-electron chi connectivity index (χ4n) is 1.85. The second kappa shape index (κ2) is 4.62. The number of benzene rings is 1. The van der Waals surface area contributed by atoms with Crippen molar-refractivity contribution in [3.8, 4) is 0 Å². The molecule has 0 N–H and O–H groups in total. The van der Waals surface area contributed by atoms with E-state index in [1.54, 1.807) is 12.1 Å². The average Bonchev–Trinajstić information content (AvgIpc) is 2.48. The van der Waals surface area contributed by atoms with Gasteiger partial charge < -0.3 is 9.31 Å². The Hall–Kier alpha value is -0.385. The van der Waals surface area contributed by atoms with Crippen LogP contribution in [0.15, 0.2) is 18.2 Å². The monoisotopic (exact) mass is 314 g/mol. The summed E-state index contributed by atoms with van der Waals surface area (Å²) >= 11 is 3.27. The Morgan fingerprint density at radius 2 is 1.72 bits per heavy atom. The van der Waals surface area contributed by atoms with Crippen molar-refractivity contribution < 1.29 is 13.7 Å². The number of rotatable bonds is 2. The van der Waals surface area contributed by atoms with Crippen molar-refractivity contribution >= 4 is 28.5 Å². The van der Waals surface area contributed by atoms with Gasteiger partial charge in [0, 0.05) is 10.8 Å². The second-order valence-corrected chi connectivity index (χ2v) is 6.10. The Morgan fingerprint density at radius 1 is 1.17 bits per heavy atom. The summed E-state index contributed by atoms with van der Waals surface area (Å²) in [5.74, 6) is -0.257. The van der Waals surface area contributed by atoms with Gasteiger partial charge in [0.2, 0.25) is 0 Å². The number of hydrogen-bond acceptors (Lipinski definition) is 2. The molecule has 1 aliphatic heterocycles. The molecule has 1 aromatic carbocycles. The van der Waals surface area contributed by atoms with Gasteiger partial charge in [0.1, 0.15) is 5.82 Å². The van der Waals surface area contributed by atoms with Crippen molar-refractivity contribution in [3.63, 3.8) is 0 Å². The van der Waals surface area contributed by atoms with Gasteiger partial charge in [0.15, 0.2) is 0 Å². The lowest BCUT2D eigenvalue weighted by Gasteiger charge is -2.32. The van der Waals surface area contributed by atoms with Gasteiger partial charge >= 0.3 is 7.12 Å². The Kier molecular flexibility index (Phi) is 3.60. The summed E-state index contributed by atoms with van der Waals surface area (Å²) < 4.78 is 25.9. The molecule has 1 aliphatic rings. The van der Waals surface area contributed by atoms with Crippen LogP contribution in [0.3, 0.4) is 0 Å². The Labute approximate surface area is 116 Å². The smallest absolute Gasteiger partial charge is 0.399 e. The largest absolute Gasteiger partial charge is 0.497 e. The third kappa shape index (κ3) is 2.24. The molecule has 0 saturated carbocycles. The van der Waals surface area contributed by atoms with E-state index in [0.717, 1.165) is 0 Å². The summed E-state index contributed by atoms with van der Waals surface area (Å²) in [4.78, 5) is 0. The molecule has 2 rings (SSSR count).